The predicted molar refractivity (Wildman–Crippen MR) is 110 cm³/mol. The maximum atomic E-state index is 13.1. The fourth-order valence-electron chi connectivity index (χ4n) is 3.23. The van der Waals surface area contributed by atoms with Crippen molar-refractivity contribution in [1.82, 2.24) is 14.6 Å². The van der Waals surface area contributed by atoms with Crippen molar-refractivity contribution in [3.8, 4) is 0 Å². The summed E-state index contributed by atoms with van der Waals surface area (Å²) in [6.45, 7) is 5.28. The molecule has 1 fully saturated rings. The van der Waals surface area contributed by atoms with E-state index in [0.29, 0.717) is 22.9 Å². The molecule has 0 N–H and O–H groups in total. The average Bonchev–Trinajstić information content (AvgIpc) is 3.44. The van der Waals surface area contributed by atoms with E-state index in [1.165, 1.54) is 27.6 Å². The van der Waals surface area contributed by atoms with Crippen molar-refractivity contribution in [2.75, 3.05) is 4.90 Å². The molecule has 4 rings (SSSR count). The molecule has 0 spiro atoms. The summed E-state index contributed by atoms with van der Waals surface area (Å²) in [6.07, 6.45) is 3.17. The lowest BCUT2D eigenvalue weighted by Crippen LogP contribution is -2.37. The summed E-state index contributed by atoms with van der Waals surface area (Å²) in [5.74, 6) is 0.689. The normalized spacial score (nSPS) is 14.4. The third-order valence-electron chi connectivity index (χ3n) is 4.72. The fourth-order valence-corrected chi connectivity index (χ4v) is 3.23. The second-order valence-corrected chi connectivity index (χ2v) is 8.35. The van der Waals surface area contributed by atoms with Gasteiger partial charge in [-0.25, -0.2) is 9.78 Å². The predicted octanol–water partition coefficient (Wildman–Crippen LogP) is 4.46. The van der Waals surface area contributed by atoms with Crippen molar-refractivity contribution >= 4 is 23.2 Å². The van der Waals surface area contributed by atoms with E-state index in [9.17, 15) is 14.9 Å². The van der Waals surface area contributed by atoms with E-state index in [4.69, 9.17) is 6.11 Å². The highest BCUT2D eigenvalue weighted by Crippen LogP contribution is 2.42. The first-order valence-electron chi connectivity index (χ1n) is 10.2. The van der Waals surface area contributed by atoms with Gasteiger partial charge in [-0.1, -0.05) is 12.1 Å². The molecule has 3 aromatic rings. The summed E-state index contributed by atoms with van der Waals surface area (Å²) in [5, 5.41) is 15.6. The molecule has 0 aliphatic heterocycles. The first-order valence-corrected chi connectivity index (χ1v) is 9.71. The molecule has 156 valence electrons. The zero-order valence-corrected chi connectivity index (χ0v) is 17.0. The summed E-state index contributed by atoms with van der Waals surface area (Å²) in [7, 11) is 0. The number of hydrogen-bond acceptors (Lipinski definition) is 6. The fraction of sp³-hybridized carbons (Fsp3) is 0.381. The molecule has 0 atom stereocenters. The van der Waals surface area contributed by atoms with Gasteiger partial charge in [0.25, 0.3) is 5.69 Å². The molecule has 9 nitrogen and oxygen atoms in total. The minimum atomic E-state index is -0.753. The Labute approximate surface area is 174 Å². The van der Waals surface area contributed by atoms with Crippen molar-refractivity contribution in [3.63, 3.8) is 0 Å². The van der Waals surface area contributed by atoms with Gasteiger partial charge in [0.1, 0.15) is 11.4 Å². The van der Waals surface area contributed by atoms with Crippen LogP contribution < -0.4 is 4.90 Å². The number of nitro benzene ring substituents is 1. The molecule has 2 aromatic heterocycles. The molecule has 1 aromatic carbocycles. The van der Waals surface area contributed by atoms with Crippen LogP contribution in [-0.2, 0) is 11.3 Å². The smallest absolute Gasteiger partial charge is 0.416 e. The van der Waals surface area contributed by atoms with E-state index in [2.05, 4.69) is 10.1 Å². The van der Waals surface area contributed by atoms with Gasteiger partial charge >= 0.3 is 6.09 Å². The third kappa shape index (κ3) is 4.10. The number of nitrogens with zero attached hydrogens (tertiary/aromatic N) is 5. The summed E-state index contributed by atoms with van der Waals surface area (Å²) in [4.78, 5) is 29.5. The highest BCUT2D eigenvalue weighted by molar-refractivity contribution is 5.87. The van der Waals surface area contributed by atoms with Gasteiger partial charge in [0.2, 0.25) is 0 Å². The molecule has 2 heterocycles. The minimum absolute atomic E-state index is 0.00231. The van der Waals surface area contributed by atoms with Crippen molar-refractivity contribution in [1.29, 1.82) is 0 Å². The highest BCUT2D eigenvalue weighted by Gasteiger charge is 2.30. The van der Waals surface area contributed by atoms with Crippen LogP contribution in [0.1, 0.15) is 52.0 Å². The lowest BCUT2D eigenvalue weighted by molar-refractivity contribution is -0.384. The molecule has 0 radical (unpaired) electrons. The third-order valence-corrected chi connectivity index (χ3v) is 4.72. The van der Waals surface area contributed by atoms with E-state index >= 15 is 0 Å². The van der Waals surface area contributed by atoms with Crippen LogP contribution in [0.3, 0.4) is 0 Å². The molecule has 1 amide bonds. The quantitative estimate of drug-likeness (QED) is 0.454. The number of hydrogen-bond donors (Lipinski definition) is 0. The maximum Gasteiger partial charge on any atom is 0.416 e. The van der Waals surface area contributed by atoms with Crippen molar-refractivity contribution in [2.45, 2.75) is 51.7 Å². The standard InChI is InChI=1S/C21H23N5O4/c1-21(2,3)30-20(27)24(13-14-5-4-6-16(11-14)26(28)29)18-9-10-22-19-17(15-7-8-15)12-23-25(18)19/h4-6,9-12,15H,7-8,13H2,1-3H3/i10D. The Kier molecular flexibility index (Phi) is 4.57. The molecule has 1 aliphatic carbocycles. The van der Waals surface area contributed by atoms with Gasteiger partial charge in [0, 0.05) is 23.9 Å². The Bertz CT molecular complexity index is 1170. The van der Waals surface area contributed by atoms with Gasteiger partial charge in [-0.05, 0) is 51.2 Å². The Balaban J connectivity index is 1.80. The molecule has 1 aliphatic rings. The number of anilines is 1. The second kappa shape index (κ2) is 7.40. The molecule has 0 unspecified atom stereocenters. The lowest BCUT2D eigenvalue weighted by atomic mass is 10.2. The van der Waals surface area contributed by atoms with Gasteiger partial charge in [-0.3, -0.25) is 15.0 Å². The van der Waals surface area contributed by atoms with Crippen LogP contribution in [0.5, 0.6) is 0 Å². The van der Waals surface area contributed by atoms with Gasteiger partial charge in [-0.15, -0.1) is 0 Å². The van der Waals surface area contributed by atoms with Crippen LogP contribution in [0.4, 0.5) is 16.3 Å². The molecule has 30 heavy (non-hydrogen) atoms. The molecular formula is C21H23N5O4. The number of rotatable bonds is 5. The first-order chi connectivity index (χ1) is 14.6. The highest BCUT2D eigenvalue weighted by atomic mass is 16.6. The Morgan fingerprint density at radius 1 is 1.40 bits per heavy atom. The van der Waals surface area contributed by atoms with Gasteiger partial charge in [-0.2, -0.15) is 9.61 Å². The molecule has 1 saturated carbocycles. The number of amides is 1. The van der Waals surface area contributed by atoms with E-state index in [-0.39, 0.29) is 18.4 Å². The number of non-ortho nitro benzene ring substituents is 1. The topological polar surface area (TPSA) is 103 Å². The molecule has 0 bridgehead atoms. The van der Waals surface area contributed by atoms with Crippen molar-refractivity contribution < 1.29 is 15.8 Å². The summed E-state index contributed by atoms with van der Waals surface area (Å²) < 4.78 is 15.3. The summed E-state index contributed by atoms with van der Waals surface area (Å²) >= 11 is 0. The average molecular weight is 410 g/mol. The SMILES string of the molecule is [2H]c1cc(N(Cc2cccc([N+](=O)[O-])c2)C(=O)OC(C)(C)C)n2ncc(C3CC3)c2n1. The monoisotopic (exact) mass is 410 g/mol. The minimum Gasteiger partial charge on any atom is -0.443 e. The number of carbonyl (C=O) groups is 1. The van der Waals surface area contributed by atoms with Crippen LogP contribution in [0.2, 0.25) is 0 Å². The van der Waals surface area contributed by atoms with E-state index in [1.54, 1.807) is 39.1 Å². The Hall–Kier alpha value is -3.49. The summed E-state index contributed by atoms with van der Waals surface area (Å²) in [6, 6.07) is 7.51. The lowest BCUT2D eigenvalue weighted by Gasteiger charge is -2.27. The van der Waals surface area contributed by atoms with E-state index in [0.717, 1.165) is 18.4 Å². The summed E-state index contributed by atoms with van der Waals surface area (Å²) in [5.41, 5.74) is 1.22. The number of carbonyl (C=O) groups excluding carboxylic acids is 1. The second-order valence-electron chi connectivity index (χ2n) is 8.35. The number of ether oxygens (including phenoxy) is 1. The van der Waals surface area contributed by atoms with E-state index in [1.807, 2.05) is 0 Å². The number of benzene rings is 1. The number of aromatic nitrogens is 3. The zero-order valence-electron chi connectivity index (χ0n) is 18.0. The Morgan fingerprint density at radius 2 is 2.17 bits per heavy atom. The van der Waals surface area contributed by atoms with E-state index < -0.39 is 16.6 Å². The largest absolute Gasteiger partial charge is 0.443 e. The van der Waals surface area contributed by atoms with Gasteiger partial charge in [0.05, 0.1) is 19.0 Å². The molecule has 9 heteroatoms. The van der Waals surface area contributed by atoms with Crippen LogP contribution in [0, 0.1) is 10.1 Å². The van der Waals surface area contributed by atoms with Crippen LogP contribution >= 0.6 is 0 Å². The van der Waals surface area contributed by atoms with Gasteiger partial charge < -0.3 is 4.74 Å². The zero-order chi connectivity index (χ0) is 22.3. The number of nitro groups is 1. The van der Waals surface area contributed by atoms with Crippen molar-refractivity contribution in [3.05, 3.63) is 63.9 Å². The molecule has 0 saturated heterocycles. The van der Waals surface area contributed by atoms with Crippen LogP contribution in [0.15, 0.2) is 42.7 Å². The maximum absolute atomic E-state index is 13.1. The van der Waals surface area contributed by atoms with Crippen molar-refractivity contribution in [2.24, 2.45) is 0 Å². The Morgan fingerprint density at radius 3 is 2.83 bits per heavy atom. The number of fused-ring (bicyclic) bond motifs is 1. The molecular weight excluding hydrogens is 386 g/mol. The van der Waals surface area contributed by atoms with Crippen LogP contribution in [0.25, 0.3) is 5.65 Å². The first kappa shape index (κ1) is 18.5. The van der Waals surface area contributed by atoms with Gasteiger partial charge in [0.15, 0.2) is 5.65 Å². The van der Waals surface area contributed by atoms with Crippen LogP contribution in [-0.4, -0.2) is 31.2 Å².